The van der Waals surface area contributed by atoms with Crippen LogP contribution in [0.25, 0.3) is 0 Å². The van der Waals surface area contributed by atoms with Gasteiger partial charge in [0.25, 0.3) is 0 Å². The lowest BCUT2D eigenvalue weighted by molar-refractivity contribution is -0.873. The van der Waals surface area contributed by atoms with Gasteiger partial charge in [-0.05, 0) is 12.3 Å². The topological polar surface area (TPSA) is 63.6 Å². The lowest BCUT2D eigenvalue weighted by atomic mass is 9.97. The first-order valence-corrected chi connectivity index (χ1v) is 9.85. The summed E-state index contributed by atoms with van der Waals surface area (Å²) in [5.41, 5.74) is 0. The van der Waals surface area contributed by atoms with E-state index in [2.05, 4.69) is 13.8 Å². The summed E-state index contributed by atoms with van der Waals surface area (Å²) in [7, 11) is 5.89. The van der Waals surface area contributed by atoms with Crippen molar-refractivity contribution < 1.29 is 23.9 Å². The minimum atomic E-state index is -0.927. The molecule has 0 bridgehead atoms. The number of carbonyl (C=O) groups is 2. The summed E-state index contributed by atoms with van der Waals surface area (Å²) in [5.74, 6) is -0.429. The molecule has 25 heavy (non-hydrogen) atoms. The molecule has 0 radical (unpaired) electrons. The van der Waals surface area contributed by atoms with Crippen LogP contribution in [0.3, 0.4) is 0 Å². The molecule has 0 heterocycles. The second-order valence-electron chi connectivity index (χ2n) is 8.38. The minimum absolute atomic E-state index is 0.128. The normalized spacial score (nSPS) is 14.1. The number of unbranched alkanes of at least 4 members (excludes halogenated alkanes) is 4. The van der Waals surface area contributed by atoms with Gasteiger partial charge < -0.3 is 14.3 Å². The molecule has 2 atom stereocenters. The molecule has 0 rings (SSSR count). The van der Waals surface area contributed by atoms with Gasteiger partial charge in [0.2, 0.25) is 0 Å². The van der Waals surface area contributed by atoms with Crippen molar-refractivity contribution in [2.24, 2.45) is 5.92 Å². The van der Waals surface area contributed by atoms with Gasteiger partial charge in [-0.2, -0.15) is 0 Å². The smallest absolute Gasteiger partial charge is 0.307 e. The second-order valence-corrected chi connectivity index (χ2v) is 8.38. The van der Waals surface area contributed by atoms with E-state index in [-0.39, 0.29) is 12.4 Å². The third-order valence-electron chi connectivity index (χ3n) is 4.33. The Morgan fingerprint density at radius 2 is 1.60 bits per heavy atom. The summed E-state index contributed by atoms with van der Waals surface area (Å²) >= 11 is 0. The molecule has 148 valence electrons. The zero-order valence-electron chi connectivity index (χ0n) is 17.1. The fourth-order valence-electron chi connectivity index (χ4n) is 3.02. The predicted octanol–water partition coefficient (Wildman–Crippen LogP) is 4.25. The van der Waals surface area contributed by atoms with Crippen molar-refractivity contribution in [3.63, 3.8) is 0 Å². The number of carbonyl (C=O) groups excluding carboxylic acids is 1. The predicted molar refractivity (Wildman–Crippen MR) is 101 cm³/mol. The first-order chi connectivity index (χ1) is 11.6. The average Bonchev–Trinajstić information content (AvgIpc) is 2.44. The van der Waals surface area contributed by atoms with Crippen LogP contribution in [-0.2, 0) is 14.3 Å². The van der Waals surface area contributed by atoms with Crippen molar-refractivity contribution in [3.05, 3.63) is 0 Å². The Hall–Kier alpha value is -1.10. The summed E-state index contributed by atoms with van der Waals surface area (Å²) in [4.78, 5) is 22.9. The van der Waals surface area contributed by atoms with Crippen LogP contribution in [-0.4, -0.2) is 55.3 Å². The molecule has 1 N–H and O–H groups in total. The third kappa shape index (κ3) is 16.1. The van der Waals surface area contributed by atoms with E-state index in [0.29, 0.717) is 17.4 Å². The van der Waals surface area contributed by atoms with Gasteiger partial charge in [-0.25, -0.2) is 0 Å². The summed E-state index contributed by atoms with van der Waals surface area (Å²) in [6, 6.07) is 0. The molecule has 0 amide bonds. The van der Waals surface area contributed by atoms with Crippen LogP contribution in [0.2, 0.25) is 0 Å². The number of aliphatic carboxylic acids is 1. The fourth-order valence-corrected chi connectivity index (χ4v) is 3.02. The molecule has 5 heteroatoms. The largest absolute Gasteiger partial charge is 0.481 e. The van der Waals surface area contributed by atoms with Gasteiger partial charge in [0.05, 0.1) is 27.6 Å². The van der Waals surface area contributed by atoms with Crippen molar-refractivity contribution in [2.75, 3.05) is 27.7 Å². The lowest BCUT2D eigenvalue weighted by Crippen LogP contribution is -2.43. The van der Waals surface area contributed by atoms with Crippen molar-refractivity contribution >= 4 is 11.9 Å². The van der Waals surface area contributed by atoms with Gasteiger partial charge in [-0.15, -0.1) is 0 Å². The maximum Gasteiger partial charge on any atom is 0.307 e. The molecular formula is C20H40NO4+. The molecule has 0 aliphatic carbocycles. The number of carboxylic acids is 1. The highest BCUT2D eigenvalue weighted by atomic mass is 16.5. The van der Waals surface area contributed by atoms with Crippen molar-refractivity contribution in [2.45, 2.75) is 84.2 Å². The number of rotatable bonds is 15. The Morgan fingerprint density at radius 3 is 2.12 bits per heavy atom. The fraction of sp³-hybridized carbons (Fsp3) is 0.900. The van der Waals surface area contributed by atoms with E-state index < -0.39 is 12.1 Å². The standard InChI is InChI=1S/C20H39NO4/c1-6-7-9-12-17(2)13-10-8-11-14-20(24)25-18(15-19(22)23)16-21(3,4)5/h17-18H,6-16H2,1-5H3/p+1. The van der Waals surface area contributed by atoms with Crippen LogP contribution >= 0.6 is 0 Å². The molecule has 0 fully saturated rings. The quantitative estimate of drug-likeness (QED) is 0.270. The Balaban J connectivity index is 3.93. The first kappa shape index (κ1) is 23.9. The molecule has 5 nitrogen and oxygen atoms in total. The summed E-state index contributed by atoms with van der Waals surface area (Å²) < 4.78 is 5.97. The number of quaternary nitrogens is 1. The van der Waals surface area contributed by atoms with E-state index in [0.717, 1.165) is 25.2 Å². The Labute approximate surface area is 154 Å². The highest BCUT2D eigenvalue weighted by molar-refractivity contribution is 5.71. The van der Waals surface area contributed by atoms with Crippen LogP contribution in [0.5, 0.6) is 0 Å². The molecule has 0 aromatic rings. The summed E-state index contributed by atoms with van der Waals surface area (Å²) in [5, 5.41) is 8.97. The SMILES string of the molecule is CCCCCC(C)CCCCCC(=O)OC(CC(=O)O)C[N+](C)(C)C. The first-order valence-electron chi connectivity index (χ1n) is 9.85. The molecule has 0 saturated carbocycles. The van der Waals surface area contributed by atoms with Crippen molar-refractivity contribution in [1.82, 2.24) is 0 Å². The maximum absolute atomic E-state index is 12.0. The highest BCUT2D eigenvalue weighted by Crippen LogP contribution is 2.17. The Morgan fingerprint density at radius 1 is 1.00 bits per heavy atom. The van der Waals surface area contributed by atoms with Gasteiger partial charge in [-0.3, -0.25) is 9.59 Å². The van der Waals surface area contributed by atoms with Crippen LogP contribution in [0.4, 0.5) is 0 Å². The van der Waals surface area contributed by atoms with E-state index in [1.54, 1.807) is 0 Å². The molecule has 0 aromatic heterocycles. The van der Waals surface area contributed by atoms with E-state index in [1.165, 1.54) is 32.1 Å². The minimum Gasteiger partial charge on any atom is -0.481 e. The van der Waals surface area contributed by atoms with Crippen molar-refractivity contribution in [1.29, 1.82) is 0 Å². The number of likely N-dealkylation sites (N-methyl/N-ethyl adjacent to an activating group) is 1. The van der Waals surface area contributed by atoms with E-state index >= 15 is 0 Å². The summed E-state index contributed by atoms with van der Waals surface area (Å²) in [6.45, 7) is 5.05. The van der Waals surface area contributed by atoms with Crippen LogP contribution in [0.1, 0.15) is 78.1 Å². The zero-order chi connectivity index (χ0) is 19.3. The Bertz CT molecular complexity index is 376. The van der Waals surface area contributed by atoms with Gasteiger partial charge >= 0.3 is 11.9 Å². The number of hydrogen-bond acceptors (Lipinski definition) is 3. The molecule has 0 aromatic carbocycles. The van der Waals surface area contributed by atoms with Gasteiger partial charge in [0, 0.05) is 6.42 Å². The molecule has 0 aliphatic rings. The van der Waals surface area contributed by atoms with E-state index in [9.17, 15) is 9.59 Å². The molecule has 0 spiro atoms. The van der Waals surface area contributed by atoms with Gasteiger partial charge in [-0.1, -0.05) is 58.8 Å². The van der Waals surface area contributed by atoms with Gasteiger partial charge in [0.1, 0.15) is 6.54 Å². The highest BCUT2D eigenvalue weighted by Gasteiger charge is 2.24. The maximum atomic E-state index is 12.0. The van der Waals surface area contributed by atoms with Crippen LogP contribution < -0.4 is 0 Å². The number of nitrogens with zero attached hydrogens (tertiary/aromatic N) is 1. The Kier molecular flexibility index (Phi) is 12.6. The molecule has 2 unspecified atom stereocenters. The zero-order valence-corrected chi connectivity index (χ0v) is 17.1. The number of carboxylic acid groups (broad SMARTS) is 1. The third-order valence-corrected chi connectivity index (χ3v) is 4.33. The average molecular weight is 359 g/mol. The van der Waals surface area contributed by atoms with Crippen molar-refractivity contribution in [3.8, 4) is 0 Å². The van der Waals surface area contributed by atoms with Gasteiger partial charge in [0.15, 0.2) is 6.10 Å². The summed E-state index contributed by atoms with van der Waals surface area (Å²) in [6.07, 6.45) is 9.15. The van der Waals surface area contributed by atoms with E-state index in [4.69, 9.17) is 9.84 Å². The molecule has 0 aliphatic heterocycles. The van der Waals surface area contributed by atoms with Crippen LogP contribution in [0, 0.1) is 5.92 Å². The molecule has 0 saturated heterocycles. The second kappa shape index (κ2) is 13.2. The molecular weight excluding hydrogens is 318 g/mol. The number of hydrogen-bond donors (Lipinski definition) is 1. The van der Waals surface area contributed by atoms with E-state index in [1.807, 2.05) is 21.1 Å². The lowest BCUT2D eigenvalue weighted by Gasteiger charge is -2.28. The monoisotopic (exact) mass is 358 g/mol. The van der Waals surface area contributed by atoms with Crippen LogP contribution in [0.15, 0.2) is 0 Å². The number of esters is 1. The number of ether oxygens (including phenoxy) is 1.